The molecule has 92 valence electrons. The van der Waals surface area contributed by atoms with Crippen molar-refractivity contribution >= 4 is 5.69 Å². The fourth-order valence-electron chi connectivity index (χ4n) is 2.34. The molecule has 1 aliphatic rings. The van der Waals surface area contributed by atoms with Gasteiger partial charge >= 0.3 is 0 Å². The summed E-state index contributed by atoms with van der Waals surface area (Å²) in [4.78, 5) is 0. The fraction of sp³-hybridized carbons (Fsp3) is 0.250. The van der Waals surface area contributed by atoms with Crippen molar-refractivity contribution in [3.05, 3.63) is 59.2 Å². The Morgan fingerprint density at radius 3 is 2.72 bits per heavy atom. The van der Waals surface area contributed by atoms with E-state index in [1.165, 1.54) is 16.7 Å². The second-order valence-electron chi connectivity index (χ2n) is 4.90. The van der Waals surface area contributed by atoms with Crippen LogP contribution in [0.3, 0.4) is 0 Å². The Balaban J connectivity index is 1.89. The van der Waals surface area contributed by atoms with E-state index in [4.69, 9.17) is 4.74 Å². The van der Waals surface area contributed by atoms with Crippen LogP contribution in [-0.4, -0.2) is 6.54 Å². The third-order valence-electron chi connectivity index (χ3n) is 3.30. The van der Waals surface area contributed by atoms with Crippen molar-refractivity contribution in [2.24, 2.45) is 0 Å². The molecule has 0 radical (unpaired) electrons. The molecule has 2 heteroatoms. The van der Waals surface area contributed by atoms with Crippen LogP contribution >= 0.6 is 0 Å². The summed E-state index contributed by atoms with van der Waals surface area (Å²) in [6, 6.07) is 14.8. The summed E-state index contributed by atoms with van der Waals surface area (Å²) in [5, 5.41) is 3.45. The van der Waals surface area contributed by atoms with Gasteiger partial charge in [0.1, 0.15) is 11.9 Å². The van der Waals surface area contributed by atoms with Crippen molar-refractivity contribution in [2.45, 2.75) is 20.0 Å². The lowest BCUT2D eigenvalue weighted by Crippen LogP contribution is -2.23. The van der Waals surface area contributed by atoms with Crippen LogP contribution in [0.25, 0.3) is 0 Å². The zero-order chi connectivity index (χ0) is 12.5. The van der Waals surface area contributed by atoms with Gasteiger partial charge in [0.25, 0.3) is 0 Å². The average Bonchev–Trinajstić information content (AvgIpc) is 2.38. The van der Waals surface area contributed by atoms with Gasteiger partial charge in [-0.3, -0.25) is 0 Å². The first-order valence-electron chi connectivity index (χ1n) is 6.30. The average molecular weight is 239 g/mol. The standard InChI is InChI=1S/C16H17NO/c1-11-4-3-5-13(8-11)16-10-17-14-9-12(2)6-7-15(14)18-16/h3-9,16-17H,10H2,1-2H3. The number of hydrogen-bond acceptors (Lipinski definition) is 2. The van der Waals surface area contributed by atoms with Crippen LogP contribution in [0.15, 0.2) is 42.5 Å². The van der Waals surface area contributed by atoms with Crippen LogP contribution < -0.4 is 10.1 Å². The molecule has 0 fully saturated rings. The Labute approximate surface area is 108 Å². The SMILES string of the molecule is Cc1cccc(C2CNc3cc(C)ccc3O2)c1. The number of ether oxygens (including phenoxy) is 1. The van der Waals surface area contributed by atoms with E-state index in [-0.39, 0.29) is 6.10 Å². The quantitative estimate of drug-likeness (QED) is 0.816. The predicted octanol–water partition coefficient (Wildman–Crippen LogP) is 3.85. The molecule has 2 nitrogen and oxygen atoms in total. The van der Waals surface area contributed by atoms with Gasteiger partial charge in [-0.05, 0) is 37.1 Å². The minimum Gasteiger partial charge on any atom is -0.482 e. The first kappa shape index (κ1) is 11.1. The molecule has 0 bridgehead atoms. The molecule has 1 aliphatic heterocycles. The van der Waals surface area contributed by atoms with E-state index in [0.717, 1.165) is 18.0 Å². The maximum Gasteiger partial charge on any atom is 0.143 e. The first-order chi connectivity index (χ1) is 8.72. The molecule has 0 aromatic heterocycles. The molecule has 0 spiro atoms. The van der Waals surface area contributed by atoms with E-state index in [9.17, 15) is 0 Å². The normalized spacial score (nSPS) is 17.6. The van der Waals surface area contributed by atoms with Gasteiger partial charge in [0, 0.05) is 0 Å². The lowest BCUT2D eigenvalue weighted by Gasteiger charge is -2.28. The highest BCUT2D eigenvalue weighted by molar-refractivity contribution is 5.59. The monoisotopic (exact) mass is 239 g/mol. The van der Waals surface area contributed by atoms with Gasteiger partial charge in [0.05, 0.1) is 12.2 Å². The van der Waals surface area contributed by atoms with Crippen LogP contribution in [0.5, 0.6) is 5.75 Å². The second-order valence-corrected chi connectivity index (χ2v) is 4.90. The lowest BCUT2D eigenvalue weighted by molar-refractivity contribution is 0.210. The van der Waals surface area contributed by atoms with E-state index in [1.54, 1.807) is 0 Å². The van der Waals surface area contributed by atoms with Gasteiger partial charge in [-0.1, -0.05) is 35.9 Å². The number of nitrogens with one attached hydrogen (secondary N) is 1. The van der Waals surface area contributed by atoms with Crippen molar-refractivity contribution in [3.8, 4) is 5.75 Å². The summed E-state index contributed by atoms with van der Waals surface area (Å²) in [5.74, 6) is 0.943. The van der Waals surface area contributed by atoms with Crippen molar-refractivity contribution in [3.63, 3.8) is 0 Å². The van der Waals surface area contributed by atoms with Gasteiger partial charge in [0.2, 0.25) is 0 Å². The second kappa shape index (κ2) is 4.37. The Bertz CT molecular complexity index is 577. The highest BCUT2D eigenvalue weighted by Crippen LogP contribution is 2.34. The topological polar surface area (TPSA) is 21.3 Å². The minimum absolute atomic E-state index is 0.0973. The summed E-state index contributed by atoms with van der Waals surface area (Å²) in [7, 11) is 0. The summed E-state index contributed by atoms with van der Waals surface area (Å²) in [6.45, 7) is 5.02. The first-order valence-corrected chi connectivity index (χ1v) is 6.30. The minimum atomic E-state index is 0.0973. The number of rotatable bonds is 1. The Kier molecular flexibility index (Phi) is 2.71. The maximum atomic E-state index is 6.07. The smallest absolute Gasteiger partial charge is 0.143 e. The van der Waals surface area contributed by atoms with Crippen LogP contribution in [0.2, 0.25) is 0 Å². The van der Waals surface area contributed by atoms with Crippen LogP contribution in [0, 0.1) is 13.8 Å². The molecule has 1 N–H and O–H groups in total. The van der Waals surface area contributed by atoms with E-state index in [2.05, 4.69) is 55.6 Å². The highest BCUT2D eigenvalue weighted by atomic mass is 16.5. The van der Waals surface area contributed by atoms with Crippen molar-refractivity contribution in [1.29, 1.82) is 0 Å². The van der Waals surface area contributed by atoms with Crippen molar-refractivity contribution in [2.75, 3.05) is 11.9 Å². The largest absolute Gasteiger partial charge is 0.482 e. The maximum absolute atomic E-state index is 6.07. The molecule has 2 aromatic rings. The zero-order valence-corrected chi connectivity index (χ0v) is 10.7. The van der Waals surface area contributed by atoms with Gasteiger partial charge in [-0.25, -0.2) is 0 Å². The van der Waals surface area contributed by atoms with E-state index < -0.39 is 0 Å². The molecule has 0 saturated heterocycles. The predicted molar refractivity (Wildman–Crippen MR) is 74.2 cm³/mol. The van der Waals surface area contributed by atoms with E-state index >= 15 is 0 Å². The summed E-state index contributed by atoms with van der Waals surface area (Å²) < 4.78 is 6.07. The molecule has 1 atom stereocenters. The Morgan fingerprint density at radius 1 is 1.06 bits per heavy atom. The molecule has 1 unspecified atom stereocenters. The molecule has 2 aromatic carbocycles. The summed E-state index contributed by atoms with van der Waals surface area (Å²) >= 11 is 0. The molecular weight excluding hydrogens is 222 g/mol. The third kappa shape index (κ3) is 2.06. The fourth-order valence-corrected chi connectivity index (χ4v) is 2.34. The van der Waals surface area contributed by atoms with Gasteiger partial charge in [-0.15, -0.1) is 0 Å². The van der Waals surface area contributed by atoms with Crippen LogP contribution in [0.1, 0.15) is 22.8 Å². The zero-order valence-electron chi connectivity index (χ0n) is 10.7. The molecule has 1 heterocycles. The van der Waals surface area contributed by atoms with Crippen LogP contribution in [0.4, 0.5) is 5.69 Å². The molecule has 0 saturated carbocycles. The van der Waals surface area contributed by atoms with E-state index in [0.29, 0.717) is 0 Å². The molecular formula is C16H17NO. The molecule has 0 aliphatic carbocycles. The van der Waals surface area contributed by atoms with Crippen molar-refractivity contribution < 1.29 is 4.74 Å². The van der Waals surface area contributed by atoms with Gasteiger partial charge in [0.15, 0.2) is 0 Å². The summed E-state index contributed by atoms with van der Waals surface area (Å²) in [5.41, 5.74) is 4.84. The molecule has 18 heavy (non-hydrogen) atoms. The van der Waals surface area contributed by atoms with Gasteiger partial charge in [-0.2, -0.15) is 0 Å². The molecule has 3 rings (SSSR count). The van der Waals surface area contributed by atoms with Crippen molar-refractivity contribution in [1.82, 2.24) is 0 Å². The lowest BCUT2D eigenvalue weighted by atomic mass is 10.0. The van der Waals surface area contributed by atoms with Crippen LogP contribution in [-0.2, 0) is 0 Å². The number of hydrogen-bond donors (Lipinski definition) is 1. The van der Waals surface area contributed by atoms with E-state index in [1.807, 2.05) is 6.07 Å². The Morgan fingerprint density at radius 2 is 1.89 bits per heavy atom. The third-order valence-corrected chi connectivity index (χ3v) is 3.30. The Hall–Kier alpha value is -1.96. The number of aryl methyl sites for hydroxylation is 2. The highest BCUT2D eigenvalue weighted by Gasteiger charge is 2.20. The summed E-state index contributed by atoms with van der Waals surface area (Å²) in [6.07, 6.45) is 0.0973. The number of anilines is 1. The molecule has 0 amide bonds. The van der Waals surface area contributed by atoms with Gasteiger partial charge < -0.3 is 10.1 Å². The number of fused-ring (bicyclic) bond motifs is 1. The number of benzene rings is 2.